The van der Waals surface area contributed by atoms with Gasteiger partial charge in [0.25, 0.3) is 0 Å². The normalized spacial score (nSPS) is 12.3. The van der Waals surface area contributed by atoms with E-state index in [2.05, 4.69) is 12.2 Å². The molecule has 5 rings (SSSR count). The van der Waals surface area contributed by atoms with Crippen LogP contribution in [0.5, 0.6) is 11.5 Å². The highest BCUT2D eigenvalue weighted by atomic mass is 16.5. The van der Waals surface area contributed by atoms with Gasteiger partial charge in [-0.15, -0.1) is 0 Å². The number of ether oxygens (including phenoxy) is 2. The van der Waals surface area contributed by atoms with E-state index in [0.717, 1.165) is 60.4 Å². The van der Waals surface area contributed by atoms with Crippen molar-refractivity contribution in [2.24, 2.45) is 0 Å². The molecule has 0 spiro atoms. The molecular formula is C49H52N2O8. The zero-order valence-electron chi connectivity index (χ0n) is 33.9. The first-order chi connectivity index (χ1) is 28.5. The van der Waals surface area contributed by atoms with Gasteiger partial charge in [0.1, 0.15) is 23.3 Å². The maximum absolute atomic E-state index is 13.2. The third-order valence-electron chi connectivity index (χ3n) is 9.63. The standard InChI is InChI=1S/C49H52N2O8/c1-34(15-13-16-35(2)32-46(52)53)14-7-4-5-12-30-57-41-27-23-39(24-28-41)48-51-43(36(3)59-48)29-31-58-40-25-21-37(22-26-40)33-45(49(55)56)50-44-20-11-10-19-42(44)47(54)38-17-8-6-9-18-38/h6,8-11,13,15-28,32,45,50H,4-5,7,12,14,29-31,33H2,1-3H3,(H,52,53)(H,55,56)/b16-13+,34-15+,35-32+/t45-/m0/s1. The predicted octanol–water partition coefficient (Wildman–Crippen LogP) is 10.5. The fourth-order valence-corrected chi connectivity index (χ4v) is 6.38. The molecule has 1 aromatic heterocycles. The SMILES string of the molecule is CC(/C=C/C=C(\C)CCCCCCOc1ccc(-c2nc(CCOc3ccc(C[C@H](Nc4ccccc4C(=O)c4ccccc4)C(=O)O)cc3)c(C)o2)cc1)=C\C(=O)O. The molecule has 3 N–H and O–H groups in total. The van der Waals surface area contributed by atoms with Crippen molar-refractivity contribution in [2.45, 2.75) is 71.8 Å². The number of aryl methyl sites for hydroxylation is 1. The van der Waals surface area contributed by atoms with E-state index in [1.165, 1.54) is 11.6 Å². The Balaban J connectivity index is 1.02. The third kappa shape index (κ3) is 14.0. The molecule has 0 aliphatic heterocycles. The van der Waals surface area contributed by atoms with Crippen LogP contribution in [0.1, 0.15) is 78.9 Å². The van der Waals surface area contributed by atoms with Crippen molar-refractivity contribution in [2.75, 3.05) is 18.5 Å². The number of aromatic nitrogens is 1. The number of rotatable bonds is 23. The van der Waals surface area contributed by atoms with E-state index < -0.39 is 18.0 Å². The van der Waals surface area contributed by atoms with Crippen molar-refractivity contribution in [1.29, 1.82) is 0 Å². The molecule has 0 bridgehead atoms. The summed E-state index contributed by atoms with van der Waals surface area (Å²) in [5.41, 5.74) is 5.85. The smallest absolute Gasteiger partial charge is 0.328 e. The first kappa shape index (κ1) is 43.4. The molecule has 0 fully saturated rings. The summed E-state index contributed by atoms with van der Waals surface area (Å²) < 4.78 is 18.0. The Morgan fingerprint density at radius 1 is 0.797 bits per heavy atom. The van der Waals surface area contributed by atoms with Crippen LogP contribution in [0.2, 0.25) is 0 Å². The number of allylic oxidation sites excluding steroid dienone is 5. The van der Waals surface area contributed by atoms with Crippen LogP contribution < -0.4 is 14.8 Å². The highest BCUT2D eigenvalue weighted by Crippen LogP contribution is 2.26. The molecule has 1 heterocycles. The van der Waals surface area contributed by atoms with E-state index in [1.807, 2.05) is 73.7 Å². The molecule has 0 amide bonds. The van der Waals surface area contributed by atoms with Crippen molar-refractivity contribution in [3.8, 4) is 23.0 Å². The van der Waals surface area contributed by atoms with Crippen LogP contribution in [0.3, 0.4) is 0 Å². The molecule has 306 valence electrons. The summed E-state index contributed by atoms with van der Waals surface area (Å²) in [7, 11) is 0. The van der Waals surface area contributed by atoms with Crippen molar-refractivity contribution in [1.82, 2.24) is 4.98 Å². The molecule has 0 aliphatic carbocycles. The van der Waals surface area contributed by atoms with Crippen LogP contribution in [0.15, 0.2) is 143 Å². The van der Waals surface area contributed by atoms with Crippen LogP contribution in [-0.4, -0.2) is 52.2 Å². The van der Waals surface area contributed by atoms with Crippen molar-refractivity contribution in [3.05, 3.63) is 167 Å². The lowest BCUT2D eigenvalue weighted by Gasteiger charge is -2.18. The first-order valence-electron chi connectivity index (χ1n) is 19.9. The van der Waals surface area contributed by atoms with E-state index in [4.69, 9.17) is 24.0 Å². The number of nitrogens with one attached hydrogen (secondary N) is 1. The second-order valence-electron chi connectivity index (χ2n) is 14.4. The van der Waals surface area contributed by atoms with Crippen molar-refractivity contribution in [3.63, 3.8) is 0 Å². The highest BCUT2D eigenvalue weighted by molar-refractivity contribution is 6.12. The summed E-state index contributed by atoms with van der Waals surface area (Å²) in [6.45, 7) is 6.77. The second-order valence-corrected chi connectivity index (χ2v) is 14.4. The number of carbonyl (C=O) groups is 3. The number of nitrogens with zero attached hydrogens (tertiary/aromatic N) is 1. The van der Waals surface area contributed by atoms with Gasteiger partial charge in [-0.2, -0.15) is 0 Å². The van der Waals surface area contributed by atoms with Crippen LogP contribution in [0.4, 0.5) is 5.69 Å². The van der Waals surface area contributed by atoms with Crippen LogP contribution in [-0.2, 0) is 22.4 Å². The number of benzene rings is 4. The minimum Gasteiger partial charge on any atom is -0.494 e. The molecule has 10 heteroatoms. The topological polar surface area (TPSA) is 148 Å². The number of ketones is 1. The van der Waals surface area contributed by atoms with E-state index >= 15 is 0 Å². The zero-order chi connectivity index (χ0) is 42.0. The highest BCUT2D eigenvalue weighted by Gasteiger charge is 2.21. The maximum atomic E-state index is 13.2. The van der Waals surface area contributed by atoms with Gasteiger partial charge >= 0.3 is 11.9 Å². The third-order valence-corrected chi connectivity index (χ3v) is 9.63. The number of carboxylic acids is 2. The average molecular weight is 797 g/mol. The number of anilines is 1. The monoisotopic (exact) mass is 796 g/mol. The van der Waals surface area contributed by atoms with Gasteiger partial charge in [0.15, 0.2) is 5.78 Å². The zero-order valence-corrected chi connectivity index (χ0v) is 33.9. The van der Waals surface area contributed by atoms with Gasteiger partial charge in [-0.3, -0.25) is 4.79 Å². The predicted molar refractivity (Wildman–Crippen MR) is 230 cm³/mol. The van der Waals surface area contributed by atoms with Gasteiger partial charge < -0.3 is 29.4 Å². The van der Waals surface area contributed by atoms with E-state index in [1.54, 1.807) is 61.5 Å². The molecule has 0 unspecified atom stereocenters. The Morgan fingerprint density at radius 2 is 1.46 bits per heavy atom. The van der Waals surface area contributed by atoms with Gasteiger partial charge in [-0.25, -0.2) is 14.6 Å². The van der Waals surface area contributed by atoms with E-state index in [0.29, 0.717) is 53.7 Å². The summed E-state index contributed by atoms with van der Waals surface area (Å²) in [5.74, 6) is 0.569. The van der Waals surface area contributed by atoms with Gasteiger partial charge in [0.05, 0.1) is 18.9 Å². The summed E-state index contributed by atoms with van der Waals surface area (Å²) in [4.78, 5) is 40.9. The fourth-order valence-electron chi connectivity index (χ4n) is 6.38. The Kier molecular flexibility index (Phi) is 16.4. The molecule has 0 aliphatic rings. The Morgan fingerprint density at radius 3 is 2.17 bits per heavy atom. The number of hydrogen-bond acceptors (Lipinski definition) is 8. The van der Waals surface area contributed by atoms with Crippen LogP contribution >= 0.6 is 0 Å². The number of carboxylic acid groups (broad SMARTS) is 2. The minimum atomic E-state index is -1.02. The van der Waals surface area contributed by atoms with Gasteiger partial charge in [0.2, 0.25) is 5.89 Å². The maximum Gasteiger partial charge on any atom is 0.328 e. The number of aliphatic carboxylic acids is 2. The van der Waals surface area contributed by atoms with Crippen LogP contribution in [0, 0.1) is 6.92 Å². The van der Waals surface area contributed by atoms with E-state index in [9.17, 15) is 19.5 Å². The molecule has 0 radical (unpaired) electrons. The fraction of sp³-hybridized carbons (Fsp3) is 0.265. The molecule has 0 saturated carbocycles. The van der Waals surface area contributed by atoms with E-state index in [-0.39, 0.29) is 12.2 Å². The lowest BCUT2D eigenvalue weighted by molar-refractivity contribution is -0.138. The number of carbonyl (C=O) groups excluding carboxylic acids is 1. The molecule has 1 atom stereocenters. The number of para-hydroxylation sites is 1. The Bertz CT molecular complexity index is 2240. The number of hydrogen-bond donors (Lipinski definition) is 3. The molecule has 10 nitrogen and oxygen atoms in total. The van der Waals surface area contributed by atoms with Gasteiger partial charge in [-0.05, 0) is 99.7 Å². The summed E-state index contributed by atoms with van der Waals surface area (Å²) in [6.07, 6.45) is 12.9. The molecular weight excluding hydrogens is 745 g/mol. The Labute approximate surface area is 345 Å². The van der Waals surface area contributed by atoms with Gasteiger partial charge in [-0.1, -0.05) is 91.2 Å². The molecule has 0 saturated heterocycles. The summed E-state index contributed by atoms with van der Waals surface area (Å²) in [6, 6.07) is 30.0. The molecule has 4 aromatic carbocycles. The summed E-state index contributed by atoms with van der Waals surface area (Å²) >= 11 is 0. The first-order valence-corrected chi connectivity index (χ1v) is 19.9. The molecule has 5 aromatic rings. The number of oxazole rings is 1. The summed E-state index contributed by atoms with van der Waals surface area (Å²) in [5, 5.41) is 21.9. The van der Waals surface area contributed by atoms with Crippen molar-refractivity contribution >= 4 is 23.4 Å². The lowest BCUT2D eigenvalue weighted by atomic mass is 10.00. The average Bonchev–Trinajstić information content (AvgIpc) is 3.60. The largest absolute Gasteiger partial charge is 0.494 e. The second kappa shape index (κ2) is 22.3. The molecule has 59 heavy (non-hydrogen) atoms. The quantitative estimate of drug-likeness (QED) is 0.0252. The van der Waals surface area contributed by atoms with Crippen LogP contribution in [0.25, 0.3) is 11.5 Å². The lowest BCUT2D eigenvalue weighted by Crippen LogP contribution is -2.32. The van der Waals surface area contributed by atoms with Crippen molar-refractivity contribution < 1.29 is 38.5 Å². The Hall–Kier alpha value is -6.68. The minimum absolute atomic E-state index is 0.182. The number of unbranched alkanes of at least 4 members (excludes halogenated alkanes) is 3. The van der Waals surface area contributed by atoms with Gasteiger partial charge in [0, 0.05) is 41.3 Å².